The van der Waals surface area contributed by atoms with Crippen molar-refractivity contribution < 1.29 is 19.1 Å². The van der Waals surface area contributed by atoms with Crippen molar-refractivity contribution in [3.8, 4) is 11.5 Å². The number of benzene rings is 2. The summed E-state index contributed by atoms with van der Waals surface area (Å²) >= 11 is 0. The van der Waals surface area contributed by atoms with Crippen LogP contribution in [-0.2, 0) is 14.3 Å². The van der Waals surface area contributed by atoms with Gasteiger partial charge in [-0.25, -0.2) is 0 Å². The SMILES string of the molecule is COCCCN(CCC(=O)Nc1ccc(Oc2ccccc2)cc1)C(C)=O. The second-order valence-electron chi connectivity index (χ2n) is 6.09. The lowest BCUT2D eigenvalue weighted by Gasteiger charge is -2.20. The predicted octanol–water partition coefficient (Wildman–Crippen LogP) is 3.69. The summed E-state index contributed by atoms with van der Waals surface area (Å²) in [5.74, 6) is 1.28. The quantitative estimate of drug-likeness (QED) is 0.648. The zero-order chi connectivity index (χ0) is 19.5. The summed E-state index contributed by atoms with van der Waals surface area (Å²) in [6.07, 6.45) is 0.995. The van der Waals surface area contributed by atoms with E-state index in [4.69, 9.17) is 9.47 Å². The third-order valence-corrected chi connectivity index (χ3v) is 3.95. The van der Waals surface area contributed by atoms with E-state index in [-0.39, 0.29) is 18.2 Å². The predicted molar refractivity (Wildman–Crippen MR) is 105 cm³/mol. The second kappa shape index (κ2) is 11.0. The van der Waals surface area contributed by atoms with Gasteiger partial charge in [0.2, 0.25) is 11.8 Å². The number of nitrogens with one attached hydrogen (secondary N) is 1. The molecular formula is C21H26N2O4. The molecule has 0 atom stereocenters. The molecule has 2 amide bonds. The lowest BCUT2D eigenvalue weighted by Crippen LogP contribution is -2.33. The van der Waals surface area contributed by atoms with Crippen molar-refractivity contribution in [2.45, 2.75) is 19.8 Å². The Kier molecular flexibility index (Phi) is 8.32. The van der Waals surface area contributed by atoms with Crippen LogP contribution in [0.2, 0.25) is 0 Å². The van der Waals surface area contributed by atoms with Gasteiger partial charge in [0.15, 0.2) is 0 Å². The fourth-order valence-electron chi connectivity index (χ4n) is 2.52. The Labute approximate surface area is 160 Å². The third kappa shape index (κ3) is 7.50. The zero-order valence-corrected chi connectivity index (χ0v) is 15.8. The summed E-state index contributed by atoms with van der Waals surface area (Å²) < 4.78 is 10.7. The molecule has 144 valence electrons. The fourth-order valence-corrected chi connectivity index (χ4v) is 2.52. The van der Waals surface area contributed by atoms with E-state index in [1.165, 1.54) is 6.92 Å². The van der Waals surface area contributed by atoms with E-state index >= 15 is 0 Å². The Morgan fingerprint density at radius 2 is 1.63 bits per heavy atom. The minimum Gasteiger partial charge on any atom is -0.457 e. The summed E-state index contributed by atoms with van der Waals surface area (Å²) in [5.41, 5.74) is 0.689. The molecule has 0 aliphatic heterocycles. The first-order valence-corrected chi connectivity index (χ1v) is 8.96. The van der Waals surface area contributed by atoms with E-state index < -0.39 is 0 Å². The van der Waals surface area contributed by atoms with Gasteiger partial charge >= 0.3 is 0 Å². The van der Waals surface area contributed by atoms with Crippen molar-refractivity contribution in [1.29, 1.82) is 0 Å². The van der Waals surface area contributed by atoms with Crippen LogP contribution in [0.1, 0.15) is 19.8 Å². The van der Waals surface area contributed by atoms with Crippen molar-refractivity contribution in [3.63, 3.8) is 0 Å². The first-order valence-electron chi connectivity index (χ1n) is 8.96. The maximum atomic E-state index is 12.1. The molecule has 2 aromatic carbocycles. The summed E-state index contributed by atoms with van der Waals surface area (Å²) in [6.45, 7) is 3.08. The molecule has 0 heterocycles. The highest BCUT2D eigenvalue weighted by molar-refractivity contribution is 5.91. The van der Waals surface area contributed by atoms with E-state index in [9.17, 15) is 9.59 Å². The van der Waals surface area contributed by atoms with Gasteiger partial charge in [-0.1, -0.05) is 18.2 Å². The molecule has 27 heavy (non-hydrogen) atoms. The number of nitrogens with zero attached hydrogens (tertiary/aromatic N) is 1. The molecule has 0 aliphatic carbocycles. The van der Waals surface area contributed by atoms with Gasteiger partial charge in [-0.3, -0.25) is 9.59 Å². The normalized spacial score (nSPS) is 10.3. The molecule has 6 heteroatoms. The highest BCUT2D eigenvalue weighted by Gasteiger charge is 2.11. The van der Waals surface area contributed by atoms with Crippen LogP contribution in [0.25, 0.3) is 0 Å². The van der Waals surface area contributed by atoms with Crippen molar-refractivity contribution >= 4 is 17.5 Å². The lowest BCUT2D eigenvalue weighted by atomic mass is 10.2. The van der Waals surface area contributed by atoms with Crippen LogP contribution in [0.3, 0.4) is 0 Å². The molecule has 0 aliphatic rings. The molecule has 0 unspecified atom stereocenters. The number of anilines is 1. The average Bonchev–Trinajstić information content (AvgIpc) is 2.66. The van der Waals surface area contributed by atoms with Crippen molar-refractivity contribution in [1.82, 2.24) is 4.90 Å². The Balaban J connectivity index is 1.80. The van der Waals surface area contributed by atoms with Crippen LogP contribution < -0.4 is 10.1 Å². The minimum atomic E-state index is -0.135. The van der Waals surface area contributed by atoms with Gasteiger partial charge in [-0.2, -0.15) is 0 Å². The van der Waals surface area contributed by atoms with Crippen molar-refractivity contribution in [2.75, 3.05) is 32.1 Å². The number of para-hydroxylation sites is 1. The van der Waals surface area contributed by atoms with Crippen LogP contribution in [0.5, 0.6) is 11.5 Å². The zero-order valence-electron chi connectivity index (χ0n) is 15.8. The number of amides is 2. The average molecular weight is 370 g/mol. The number of hydrogen-bond acceptors (Lipinski definition) is 4. The Bertz CT molecular complexity index is 717. The van der Waals surface area contributed by atoms with E-state index in [1.807, 2.05) is 30.3 Å². The number of carbonyl (C=O) groups is 2. The van der Waals surface area contributed by atoms with Crippen LogP contribution in [0.15, 0.2) is 54.6 Å². The monoisotopic (exact) mass is 370 g/mol. The summed E-state index contributed by atoms with van der Waals surface area (Å²) in [6, 6.07) is 16.7. The summed E-state index contributed by atoms with van der Waals surface area (Å²) in [7, 11) is 1.63. The molecule has 0 bridgehead atoms. The molecule has 6 nitrogen and oxygen atoms in total. The van der Waals surface area contributed by atoms with Gasteiger partial charge in [-0.15, -0.1) is 0 Å². The largest absolute Gasteiger partial charge is 0.457 e. The molecule has 0 saturated carbocycles. The van der Waals surface area contributed by atoms with Crippen LogP contribution >= 0.6 is 0 Å². The highest BCUT2D eigenvalue weighted by atomic mass is 16.5. The lowest BCUT2D eigenvalue weighted by molar-refractivity contribution is -0.129. The summed E-state index contributed by atoms with van der Waals surface area (Å²) in [5, 5.41) is 2.84. The van der Waals surface area contributed by atoms with E-state index in [2.05, 4.69) is 5.32 Å². The first kappa shape index (κ1) is 20.5. The smallest absolute Gasteiger partial charge is 0.226 e. The molecule has 0 fully saturated rings. The minimum absolute atomic E-state index is 0.0404. The van der Waals surface area contributed by atoms with Crippen molar-refractivity contribution in [2.24, 2.45) is 0 Å². The molecule has 2 aromatic rings. The maximum absolute atomic E-state index is 12.1. The Morgan fingerprint density at radius 3 is 2.26 bits per heavy atom. The van der Waals surface area contributed by atoms with Crippen LogP contribution in [-0.4, -0.2) is 43.5 Å². The van der Waals surface area contributed by atoms with E-state index in [0.29, 0.717) is 31.1 Å². The van der Waals surface area contributed by atoms with Gasteiger partial charge in [0.05, 0.1) is 0 Å². The van der Waals surface area contributed by atoms with E-state index in [1.54, 1.807) is 36.3 Å². The maximum Gasteiger partial charge on any atom is 0.226 e. The van der Waals surface area contributed by atoms with Crippen molar-refractivity contribution in [3.05, 3.63) is 54.6 Å². The van der Waals surface area contributed by atoms with E-state index in [0.717, 1.165) is 12.2 Å². The number of hydrogen-bond donors (Lipinski definition) is 1. The summed E-state index contributed by atoms with van der Waals surface area (Å²) in [4.78, 5) is 25.4. The molecule has 0 spiro atoms. The highest BCUT2D eigenvalue weighted by Crippen LogP contribution is 2.22. The second-order valence-corrected chi connectivity index (χ2v) is 6.09. The van der Waals surface area contributed by atoms with Gasteiger partial charge in [0, 0.05) is 45.8 Å². The van der Waals surface area contributed by atoms with Gasteiger partial charge < -0.3 is 19.7 Å². The molecule has 1 N–H and O–H groups in total. The number of rotatable bonds is 10. The number of carbonyl (C=O) groups excluding carboxylic acids is 2. The van der Waals surface area contributed by atoms with Gasteiger partial charge in [0.1, 0.15) is 11.5 Å². The fraction of sp³-hybridized carbons (Fsp3) is 0.333. The van der Waals surface area contributed by atoms with Crippen LogP contribution in [0.4, 0.5) is 5.69 Å². The molecule has 0 aromatic heterocycles. The van der Waals surface area contributed by atoms with Gasteiger partial charge in [0.25, 0.3) is 0 Å². The molecular weight excluding hydrogens is 344 g/mol. The number of methoxy groups -OCH3 is 1. The standard InChI is InChI=1S/C21H26N2O4/c1-17(24)23(14-6-16-26-2)15-13-21(25)22-18-9-11-20(12-10-18)27-19-7-4-3-5-8-19/h3-5,7-12H,6,13-16H2,1-2H3,(H,22,25). The Hall–Kier alpha value is -2.86. The number of ether oxygens (including phenoxy) is 2. The van der Waals surface area contributed by atoms with Crippen LogP contribution in [0, 0.1) is 0 Å². The van der Waals surface area contributed by atoms with Gasteiger partial charge in [-0.05, 0) is 42.8 Å². The Morgan fingerprint density at radius 1 is 0.963 bits per heavy atom. The third-order valence-electron chi connectivity index (χ3n) is 3.95. The first-order chi connectivity index (χ1) is 13.1. The molecule has 0 radical (unpaired) electrons. The molecule has 0 saturated heterocycles. The topological polar surface area (TPSA) is 67.9 Å². The molecule has 2 rings (SSSR count).